The third-order valence-electron chi connectivity index (χ3n) is 2.33. The first-order valence-electron chi connectivity index (χ1n) is 4.68. The Kier molecular flexibility index (Phi) is 2.55. The highest BCUT2D eigenvalue weighted by Gasteiger charge is 2.19. The van der Waals surface area contributed by atoms with Crippen molar-refractivity contribution in [1.82, 2.24) is 5.32 Å². The van der Waals surface area contributed by atoms with Gasteiger partial charge in [-0.25, -0.2) is 4.39 Å². The molecule has 0 radical (unpaired) electrons. The van der Waals surface area contributed by atoms with Crippen molar-refractivity contribution in [1.29, 1.82) is 0 Å². The van der Waals surface area contributed by atoms with Crippen LogP contribution in [0, 0.1) is 5.82 Å². The van der Waals surface area contributed by atoms with E-state index in [9.17, 15) is 9.18 Å². The fraction of sp³-hybridized carbons (Fsp3) is 0.300. The molecular formula is C10H11FN2O2. The molecule has 1 aromatic rings. The number of amides is 1. The van der Waals surface area contributed by atoms with Crippen LogP contribution in [0.25, 0.3) is 0 Å². The Morgan fingerprint density at radius 1 is 1.47 bits per heavy atom. The van der Waals surface area contributed by atoms with E-state index in [1.54, 1.807) is 0 Å². The Bertz CT molecular complexity index is 395. The molecule has 4 nitrogen and oxygen atoms in total. The molecular weight excluding hydrogens is 199 g/mol. The van der Waals surface area contributed by atoms with Crippen LogP contribution in [0.2, 0.25) is 0 Å². The first-order valence-corrected chi connectivity index (χ1v) is 4.68. The van der Waals surface area contributed by atoms with E-state index in [0.717, 1.165) is 0 Å². The van der Waals surface area contributed by atoms with E-state index in [2.05, 4.69) is 5.32 Å². The summed E-state index contributed by atoms with van der Waals surface area (Å²) in [6, 6.07) is 3.94. The Morgan fingerprint density at radius 3 is 2.93 bits per heavy atom. The summed E-state index contributed by atoms with van der Waals surface area (Å²) in [4.78, 5) is 13.0. The number of nitrogens with one attached hydrogen (secondary N) is 1. The topological polar surface area (TPSA) is 52.6 Å². The van der Waals surface area contributed by atoms with E-state index in [1.165, 1.54) is 23.1 Å². The van der Waals surface area contributed by atoms with Crippen LogP contribution in [0.5, 0.6) is 5.75 Å². The van der Waals surface area contributed by atoms with Gasteiger partial charge < -0.3 is 15.3 Å². The molecule has 5 heteroatoms. The number of benzene rings is 1. The number of phenols is 1. The van der Waals surface area contributed by atoms with Gasteiger partial charge in [0.25, 0.3) is 0 Å². The Morgan fingerprint density at radius 2 is 2.27 bits per heavy atom. The quantitative estimate of drug-likeness (QED) is 0.708. The van der Waals surface area contributed by atoms with Crippen LogP contribution in [0.3, 0.4) is 0 Å². The van der Waals surface area contributed by atoms with Gasteiger partial charge in [0, 0.05) is 24.8 Å². The van der Waals surface area contributed by atoms with E-state index in [4.69, 9.17) is 5.11 Å². The maximum absolute atomic E-state index is 13.1. The van der Waals surface area contributed by atoms with Gasteiger partial charge in [0.15, 0.2) is 11.6 Å². The Labute approximate surface area is 86.3 Å². The molecule has 0 atom stereocenters. The number of anilines is 1. The number of phenolic OH excluding ortho intramolecular Hbond substituents is 1. The van der Waals surface area contributed by atoms with Gasteiger partial charge in [-0.3, -0.25) is 4.79 Å². The number of nitrogens with zero attached hydrogens (tertiary/aromatic N) is 1. The lowest BCUT2D eigenvalue weighted by atomic mass is 10.2. The molecule has 0 saturated carbocycles. The number of carbonyl (C=O) groups excluding carboxylic acids is 1. The number of rotatable bonds is 1. The summed E-state index contributed by atoms with van der Waals surface area (Å²) in [5.74, 6) is -1.20. The van der Waals surface area contributed by atoms with Crippen molar-refractivity contribution in [2.75, 3.05) is 24.5 Å². The minimum absolute atomic E-state index is 0.0914. The van der Waals surface area contributed by atoms with Gasteiger partial charge in [-0.2, -0.15) is 0 Å². The highest BCUT2D eigenvalue weighted by Crippen LogP contribution is 2.22. The fourth-order valence-corrected chi connectivity index (χ4v) is 1.54. The van der Waals surface area contributed by atoms with E-state index >= 15 is 0 Å². The molecule has 1 fully saturated rings. The summed E-state index contributed by atoms with van der Waals surface area (Å²) in [5.41, 5.74) is 0.483. The molecule has 1 aliphatic rings. The third kappa shape index (κ3) is 1.92. The van der Waals surface area contributed by atoms with Crippen LogP contribution < -0.4 is 10.2 Å². The van der Waals surface area contributed by atoms with E-state index in [-0.39, 0.29) is 12.5 Å². The van der Waals surface area contributed by atoms with Crippen molar-refractivity contribution in [3.63, 3.8) is 0 Å². The summed E-state index contributed by atoms with van der Waals surface area (Å²) in [6.07, 6.45) is 0. The van der Waals surface area contributed by atoms with Crippen molar-refractivity contribution < 1.29 is 14.3 Å². The maximum Gasteiger partial charge on any atom is 0.240 e. The summed E-state index contributed by atoms with van der Waals surface area (Å²) >= 11 is 0. The van der Waals surface area contributed by atoms with Gasteiger partial charge in [0.1, 0.15) is 0 Å². The second-order valence-corrected chi connectivity index (χ2v) is 3.36. The number of carbonyl (C=O) groups is 1. The first-order chi connectivity index (χ1) is 7.18. The molecule has 1 saturated heterocycles. The Hall–Kier alpha value is -1.62. The molecule has 2 rings (SSSR count). The number of piperazine rings is 1. The molecule has 0 aromatic heterocycles. The molecule has 0 aliphatic carbocycles. The van der Waals surface area contributed by atoms with E-state index in [0.29, 0.717) is 18.8 Å². The van der Waals surface area contributed by atoms with Gasteiger partial charge in [0.2, 0.25) is 5.91 Å². The van der Waals surface area contributed by atoms with Crippen LogP contribution in [-0.4, -0.2) is 30.6 Å². The first kappa shape index (κ1) is 9.92. The van der Waals surface area contributed by atoms with Crippen molar-refractivity contribution in [2.24, 2.45) is 0 Å². The van der Waals surface area contributed by atoms with E-state index < -0.39 is 11.6 Å². The monoisotopic (exact) mass is 210 g/mol. The van der Waals surface area contributed by atoms with Gasteiger partial charge >= 0.3 is 0 Å². The summed E-state index contributed by atoms with van der Waals surface area (Å²) < 4.78 is 13.1. The number of hydrogen-bond acceptors (Lipinski definition) is 3. The van der Waals surface area contributed by atoms with E-state index in [1.807, 2.05) is 0 Å². The zero-order valence-electron chi connectivity index (χ0n) is 8.03. The molecule has 0 bridgehead atoms. The highest BCUT2D eigenvalue weighted by atomic mass is 19.1. The summed E-state index contributed by atoms with van der Waals surface area (Å²) in [6.45, 7) is 1.47. The number of aromatic hydroxyl groups is 1. The van der Waals surface area contributed by atoms with Gasteiger partial charge in [-0.15, -0.1) is 0 Å². The van der Waals surface area contributed by atoms with Crippen LogP contribution in [0.4, 0.5) is 10.1 Å². The molecule has 80 valence electrons. The average Bonchev–Trinajstić information content (AvgIpc) is 2.23. The predicted molar refractivity (Wildman–Crippen MR) is 53.3 cm³/mol. The zero-order valence-corrected chi connectivity index (χ0v) is 8.03. The molecule has 1 amide bonds. The van der Waals surface area contributed by atoms with Crippen molar-refractivity contribution in [3.8, 4) is 5.75 Å². The predicted octanol–water partition coefficient (Wildman–Crippen LogP) is 0.468. The number of hydrogen-bond donors (Lipinski definition) is 2. The third-order valence-corrected chi connectivity index (χ3v) is 2.33. The smallest absolute Gasteiger partial charge is 0.240 e. The molecule has 1 aliphatic heterocycles. The van der Waals surface area contributed by atoms with Crippen LogP contribution in [0.1, 0.15) is 0 Å². The molecule has 2 N–H and O–H groups in total. The fourth-order valence-electron chi connectivity index (χ4n) is 1.54. The average molecular weight is 210 g/mol. The minimum Gasteiger partial charge on any atom is -0.505 e. The maximum atomic E-state index is 13.1. The van der Waals surface area contributed by atoms with Gasteiger partial charge in [0.05, 0.1) is 6.54 Å². The van der Waals surface area contributed by atoms with Gasteiger partial charge in [-0.05, 0) is 12.1 Å². The van der Waals surface area contributed by atoms with Crippen LogP contribution >= 0.6 is 0 Å². The molecule has 1 heterocycles. The standard InChI is InChI=1S/C10H11FN2O2/c11-8-5-7(1-2-9(8)14)13-4-3-12-6-10(13)15/h1-2,5,12,14H,3-4,6H2. The summed E-state index contributed by atoms with van der Waals surface area (Å²) in [5, 5.41) is 11.9. The highest BCUT2D eigenvalue weighted by molar-refractivity contribution is 5.95. The van der Waals surface area contributed by atoms with Crippen molar-refractivity contribution in [2.45, 2.75) is 0 Å². The molecule has 0 unspecified atom stereocenters. The van der Waals surface area contributed by atoms with Gasteiger partial charge in [-0.1, -0.05) is 0 Å². The lowest BCUT2D eigenvalue weighted by Gasteiger charge is -2.27. The SMILES string of the molecule is O=C1CNCCN1c1ccc(O)c(F)c1. The second kappa shape index (κ2) is 3.86. The largest absolute Gasteiger partial charge is 0.505 e. The van der Waals surface area contributed by atoms with Crippen molar-refractivity contribution in [3.05, 3.63) is 24.0 Å². The zero-order chi connectivity index (χ0) is 10.8. The lowest BCUT2D eigenvalue weighted by Crippen LogP contribution is -2.48. The second-order valence-electron chi connectivity index (χ2n) is 3.36. The number of halogens is 1. The molecule has 1 aromatic carbocycles. The van der Waals surface area contributed by atoms with Crippen molar-refractivity contribution >= 4 is 11.6 Å². The minimum atomic E-state index is -0.709. The van der Waals surface area contributed by atoms with Crippen LogP contribution in [-0.2, 0) is 4.79 Å². The normalized spacial score (nSPS) is 16.9. The summed E-state index contributed by atoms with van der Waals surface area (Å²) in [7, 11) is 0. The lowest BCUT2D eigenvalue weighted by molar-refractivity contribution is -0.118. The van der Waals surface area contributed by atoms with Crippen LogP contribution in [0.15, 0.2) is 18.2 Å². The molecule has 15 heavy (non-hydrogen) atoms. The Balaban J connectivity index is 2.28. The molecule has 0 spiro atoms.